The Balaban J connectivity index is 2.77. The molecule has 0 aromatic rings. The summed E-state index contributed by atoms with van der Waals surface area (Å²) < 4.78 is 72.1. The fourth-order valence-corrected chi connectivity index (χ4v) is 2.94. The molecule has 0 bridgehead atoms. The van der Waals surface area contributed by atoms with E-state index in [2.05, 4.69) is 4.74 Å². The molecular formula is C16H23F5O4. The standard InChI is InChI=1S/C16H23F5O4/c1-9(2)6-14(7-13(14,4)5)11(22)25-10(3)16(20,21)12(23)24-8-15(17,18)19/h9-10H,6-8H2,1-5H3. The second-order valence-corrected chi connectivity index (χ2v) is 7.60. The molecule has 25 heavy (non-hydrogen) atoms. The highest BCUT2D eigenvalue weighted by Gasteiger charge is 2.67. The van der Waals surface area contributed by atoms with Gasteiger partial charge in [0, 0.05) is 0 Å². The van der Waals surface area contributed by atoms with Gasteiger partial charge in [-0.05, 0) is 31.1 Å². The molecule has 0 saturated heterocycles. The molecule has 9 heteroatoms. The van der Waals surface area contributed by atoms with Gasteiger partial charge in [0.25, 0.3) is 0 Å². The van der Waals surface area contributed by atoms with E-state index in [1.54, 1.807) is 13.8 Å². The van der Waals surface area contributed by atoms with Gasteiger partial charge in [0.2, 0.25) is 0 Å². The van der Waals surface area contributed by atoms with Crippen LogP contribution in [0.1, 0.15) is 47.5 Å². The molecule has 0 spiro atoms. The van der Waals surface area contributed by atoms with Crippen molar-refractivity contribution in [2.24, 2.45) is 16.7 Å². The first kappa shape index (κ1) is 21.6. The molecule has 146 valence electrons. The maximum Gasteiger partial charge on any atom is 0.422 e. The Kier molecular flexibility index (Phi) is 5.81. The lowest BCUT2D eigenvalue weighted by molar-refractivity contribution is -0.217. The summed E-state index contributed by atoms with van der Waals surface area (Å²) in [7, 11) is 0. The van der Waals surface area contributed by atoms with Gasteiger partial charge in [0.1, 0.15) is 0 Å². The van der Waals surface area contributed by atoms with Crippen molar-refractivity contribution in [2.75, 3.05) is 6.61 Å². The first-order valence-electron chi connectivity index (χ1n) is 7.88. The second-order valence-electron chi connectivity index (χ2n) is 7.60. The first-order chi connectivity index (χ1) is 11.0. The number of ether oxygens (including phenoxy) is 2. The zero-order valence-corrected chi connectivity index (χ0v) is 14.8. The van der Waals surface area contributed by atoms with Gasteiger partial charge in [-0.25, -0.2) is 4.79 Å². The highest BCUT2D eigenvalue weighted by atomic mass is 19.4. The monoisotopic (exact) mass is 374 g/mol. The summed E-state index contributed by atoms with van der Waals surface area (Å²) in [6.45, 7) is 5.97. The van der Waals surface area contributed by atoms with Crippen molar-refractivity contribution in [2.45, 2.75) is 65.7 Å². The fraction of sp³-hybridized carbons (Fsp3) is 0.875. The van der Waals surface area contributed by atoms with Crippen molar-refractivity contribution in [3.05, 3.63) is 0 Å². The van der Waals surface area contributed by atoms with Crippen LogP contribution in [0.3, 0.4) is 0 Å². The van der Waals surface area contributed by atoms with E-state index in [0.29, 0.717) is 12.8 Å². The second kappa shape index (κ2) is 6.72. The van der Waals surface area contributed by atoms with E-state index < -0.39 is 47.6 Å². The zero-order valence-electron chi connectivity index (χ0n) is 14.8. The average Bonchev–Trinajstić information content (AvgIpc) is 2.96. The number of rotatable bonds is 7. The van der Waals surface area contributed by atoms with Gasteiger partial charge < -0.3 is 9.47 Å². The van der Waals surface area contributed by atoms with Crippen molar-refractivity contribution in [3.8, 4) is 0 Å². The van der Waals surface area contributed by atoms with E-state index in [9.17, 15) is 31.5 Å². The molecular weight excluding hydrogens is 351 g/mol. The predicted octanol–water partition coefficient (Wildman–Crippen LogP) is 4.12. The van der Waals surface area contributed by atoms with Crippen LogP contribution in [0.2, 0.25) is 0 Å². The van der Waals surface area contributed by atoms with Crippen molar-refractivity contribution >= 4 is 11.9 Å². The maximum absolute atomic E-state index is 13.9. The van der Waals surface area contributed by atoms with Gasteiger partial charge in [0.05, 0.1) is 5.41 Å². The molecule has 0 heterocycles. The molecule has 0 aromatic heterocycles. The quantitative estimate of drug-likeness (QED) is 0.497. The van der Waals surface area contributed by atoms with Crippen molar-refractivity contribution in [1.29, 1.82) is 0 Å². The zero-order chi connectivity index (χ0) is 19.8. The van der Waals surface area contributed by atoms with E-state index in [0.717, 1.165) is 6.92 Å². The van der Waals surface area contributed by atoms with Crippen LogP contribution in [0.5, 0.6) is 0 Å². The summed E-state index contributed by atoms with van der Waals surface area (Å²) in [5.41, 5.74) is -1.36. The molecule has 2 unspecified atom stereocenters. The minimum Gasteiger partial charge on any atom is -0.455 e. The Bertz CT molecular complexity index is 527. The lowest BCUT2D eigenvalue weighted by atomic mass is 9.87. The van der Waals surface area contributed by atoms with Gasteiger partial charge in [-0.1, -0.05) is 27.7 Å². The largest absolute Gasteiger partial charge is 0.455 e. The maximum atomic E-state index is 13.9. The molecule has 1 fully saturated rings. The Morgan fingerprint density at radius 2 is 1.56 bits per heavy atom. The van der Waals surface area contributed by atoms with Crippen molar-refractivity contribution in [3.63, 3.8) is 0 Å². The summed E-state index contributed by atoms with van der Waals surface area (Å²) in [5, 5.41) is 0. The molecule has 0 aromatic carbocycles. The highest BCUT2D eigenvalue weighted by Crippen LogP contribution is 2.67. The first-order valence-corrected chi connectivity index (χ1v) is 7.88. The minimum atomic E-state index is -4.93. The van der Waals surface area contributed by atoms with Crippen LogP contribution >= 0.6 is 0 Å². The average molecular weight is 374 g/mol. The Morgan fingerprint density at radius 1 is 1.08 bits per heavy atom. The van der Waals surface area contributed by atoms with Gasteiger partial charge in [-0.3, -0.25) is 4.79 Å². The van der Waals surface area contributed by atoms with Gasteiger partial charge in [-0.2, -0.15) is 22.0 Å². The lowest BCUT2D eigenvalue weighted by Gasteiger charge is -2.26. The van der Waals surface area contributed by atoms with Crippen LogP contribution in [0.25, 0.3) is 0 Å². The number of esters is 2. The van der Waals surface area contributed by atoms with Crippen LogP contribution < -0.4 is 0 Å². The smallest absolute Gasteiger partial charge is 0.422 e. The molecule has 0 amide bonds. The molecule has 0 radical (unpaired) electrons. The molecule has 1 aliphatic carbocycles. The number of hydrogen-bond donors (Lipinski definition) is 0. The number of halogens is 5. The van der Waals surface area contributed by atoms with Crippen LogP contribution in [-0.2, 0) is 19.1 Å². The van der Waals surface area contributed by atoms with E-state index in [1.807, 2.05) is 13.8 Å². The third-order valence-electron chi connectivity index (χ3n) is 4.50. The number of hydrogen-bond acceptors (Lipinski definition) is 4. The van der Waals surface area contributed by atoms with E-state index in [4.69, 9.17) is 4.74 Å². The summed E-state index contributed by atoms with van der Waals surface area (Å²) in [5.74, 6) is -7.51. The number of carbonyl (C=O) groups is 2. The van der Waals surface area contributed by atoms with Crippen LogP contribution in [0.4, 0.5) is 22.0 Å². The highest BCUT2D eigenvalue weighted by molar-refractivity contribution is 5.83. The van der Waals surface area contributed by atoms with Crippen LogP contribution in [0.15, 0.2) is 0 Å². The predicted molar refractivity (Wildman–Crippen MR) is 77.8 cm³/mol. The molecule has 4 nitrogen and oxygen atoms in total. The number of carbonyl (C=O) groups excluding carboxylic acids is 2. The lowest BCUT2D eigenvalue weighted by Crippen LogP contribution is -2.45. The van der Waals surface area contributed by atoms with Crippen molar-refractivity contribution in [1.82, 2.24) is 0 Å². The van der Waals surface area contributed by atoms with E-state index in [-0.39, 0.29) is 5.92 Å². The topological polar surface area (TPSA) is 52.6 Å². The summed E-state index contributed by atoms with van der Waals surface area (Å²) in [6, 6.07) is 0. The van der Waals surface area contributed by atoms with E-state index >= 15 is 0 Å². The van der Waals surface area contributed by atoms with E-state index in [1.165, 1.54) is 0 Å². The Hall–Kier alpha value is -1.41. The minimum absolute atomic E-state index is 0.113. The fourth-order valence-electron chi connectivity index (χ4n) is 2.94. The summed E-state index contributed by atoms with van der Waals surface area (Å²) in [4.78, 5) is 23.6. The third kappa shape index (κ3) is 4.82. The molecule has 0 N–H and O–H groups in total. The molecule has 2 atom stereocenters. The molecule has 1 aliphatic rings. The summed E-state index contributed by atoms with van der Waals surface area (Å²) in [6.07, 6.45) is -6.28. The molecule has 0 aliphatic heterocycles. The molecule has 1 rings (SSSR count). The Morgan fingerprint density at radius 3 is 1.92 bits per heavy atom. The van der Waals surface area contributed by atoms with Gasteiger partial charge >= 0.3 is 24.0 Å². The molecule has 1 saturated carbocycles. The number of alkyl halides is 5. The Labute approximate surface area is 143 Å². The SMILES string of the molecule is CC(C)CC1(C(=O)OC(C)C(F)(F)C(=O)OCC(F)(F)F)CC1(C)C. The van der Waals surface area contributed by atoms with Crippen LogP contribution in [0, 0.1) is 16.7 Å². The van der Waals surface area contributed by atoms with Crippen LogP contribution in [-0.4, -0.2) is 36.7 Å². The third-order valence-corrected chi connectivity index (χ3v) is 4.50. The normalized spacial score (nSPS) is 24.0. The summed E-state index contributed by atoms with van der Waals surface area (Å²) >= 11 is 0. The van der Waals surface area contributed by atoms with Gasteiger partial charge in [0.15, 0.2) is 12.7 Å². The van der Waals surface area contributed by atoms with Gasteiger partial charge in [-0.15, -0.1) is 0 Å². The van der Waals surface area contributed by atoms with Crippen molar-refractivity contribution < 1.29 is 41.0 Å².